The number of likely N-dealkylation sites (tertiary alicyclic amines) is 1. The molecule has 0 bridgehead atoms. The van der Waals surface area contributed by atoms with Crippen molar-refractivity contribution < 1.29 is 27.1 Å². The second-order valence-corrected chi connectivity index (χ2v) is 9.10. The van der Waals surface area contributed by atoms with Gasteiger partial charge in [-0.25, -0.2) is 17.2 Å². The summed E-state index contributed by atoms with van der Waals surface area (Å²) < 4.78 is 51.0. The smallest absolute Gasteiger partial charge is 0.223 e. The number of aliphatic hydroxyl groups excluding tert-OH is 1. The van der Waals surface area contributed by atoms with Crippen LogP contribution in [0.4, 0.5) is 8.78 Å². The van der Waals surface area contributed by atoms with Gasteiger partial charge < -0.3 is 10.0 Å². The molecule has 1 heterocycles. The number of carbonyl (C=O) groups excluding carboxylic acids is 1. The fourth-order valence-corrected chi connectivity index (χ4v) is 3.84. The van der Waals surface area contributed by atoms with Gasteiger partial charge in [0.05, 0.1) is 6.04 Å². The van der Waals surface area contributed by atoms with Crippen molar-refractivity contribution in [3.8, 4) is 0 Å². The molecule has 1 N–H and O–H groups in total. The van der Waals surface area contributed by atoms with E-state index in [0.717, 1.165) is 12.3 Å². The van der Waals surface area contributed by atoms with Crippen LogP contribution in [0.15, 0.2) is 42.2 Å². The summed E-state index contributed by atoms with van der Waals surface area (Å²) in [5.41, 5.74) is 0.175. The first-order chi connectivity index (χ1) is 12.7. The maximum Gasteiger partial charge on any atom is 0.223 e. The van der Waals surface area contributed by atoms with Crippen molar-refractivity contribution in [1.29, 1.82) is 0 Å². The first kappa shape index (κ1) is 21.5. The first-order valence-corrected chi connectivity index (χ1v) is 11.0. The third-order valence-corrected chi connectivity index (χ3v) is 5.60. The largest absolute Gasteiger partial charge is 0.383 e. The third kappa shape index (κ3) is 6.39. The van der Waals surface area contributed by atoms with Crippen LogP contribution < -0.4 is 0 Å². The van der Waals surface area contributed by atoms with E-state index in [1.54, 1.807) is 18.2 Å². The fraction of sp³-hybridized carbons (Fsp3) is 0.526. The van der Waals surface area contributed by atoms with Gasteiger partial charge >= 0.3 is 0 Å². The van der Waals surface area contributed by atoms with E-state index in [1.807, 2.05) is 0 Å². The molecule has 1 amide bonds. The molecule has 5 nitrogen and oxygen atoms in total. The molecule has 0 aliphatic carbocycles. The summed E-state index contributed by atoms with van der Waals surface area (Å²) in [6.45, 7) is 0.302. The van der Waals surface area contributed by atoms with Gasteiger partial charge in [-0.2, -0.15) is 0 Å². The number of nitrogens with zero attached hydrogens (tertiary/aromatic N) is 1. The Labute approximate surface area is 158 Å². The standard InChI is InChI=1S/C19H25F2NO4S/c1-27(25,26)12-6-5-11-22-15(9-10-17(22)23)13-16(20)19(24)18(21)14-7-3-2-4-8-14/h2-4,7-8,13,15,18-19,24H,5-6,9-12H2,1H3/t15-,18?,19?/m1/s1. The number of halogens is 2. The lowest BCUT2D eigenvalue weighted by Gasteiger charge is -2.23. The van der Waals surface area contributed by atoms with Crippen molar-refractivity contribution in [2.75, 3.05) is 18.6 Å². The number of unbranched alkanes of at least 4 members (excludes halogenated alkanes) is 1. The minimum atomic E-state index is -3.06. The lowest BCUT2D eigenvalue weighted by atomic mass is 10.0. The van der Waals surface area contributed by atoms with E-state index in [0.29, 0.717) is 25.8 Å². The molecule has 1 aromatic carbocycles. The normalized spacial score (nSPS) is 20.7. The van der Waals surface area contributed by atoms with Gasteiger partial charge in [-0.15, -0.1) is 0 Å². The SMILES string of the molecule is CS(=O)(=O)CCCCN1C(=O)CC[C@@H]1C=C(F)C(O)C(F)c1ccccc1. The van der Waals surface area contributed by atoms with Crippen LogP contribution in [0.25, 0.3) is 0 Å². The van der Waals surface area contributed by atoms with Crippen LogP contribution in [0.5, 0.6) is 0 Å². The minimum absolute atomic E-state index is 0.0310. The molecule has 2 rings (SSSR count). The van der Waals surface area contributed by atoms with Crippen molar-refractivity contribution >= 4 is 15.7 Å². The highest BCUT2D eigenvalue weighted by atomic mass is 32.2. The van der Waals surface area contributed by atoms with Gasteiger partial charge in [0.1, 0.15) is 21.8 Å². The van der Waals surface area contributed by atoms with E-state index in [4.69, 9.17) is 0 Å². The van der Waals surface area contributed by atoms with Gasteiger partial charge in [-0.1, -0.05) is 30.3 Å². The number of sulfone groups is 1. The van der Waals surface area contributed by atoms with Crippen LogP contribution in [-0.4, -0.2) is 55.0 Å². The molecule has 0 radical (unpaired) electrons. The molecule has 150 valence electrons. The number of hydrogen-bond acceptors (Lipinski definition) is 4. The van der Waals surface area contributed by atoms with Crippen LogP contribution in [0, 0.1) is 0 Å². The van der Waals surface area contributed by atoms with E-state index in [9.17, 15) is 27.1 Å². The molecule has 3 atom stereocenters. The van der Waals surface area contributed by atoms with E-state index >= 15 is 0 Å². The van der Waals surface area contributed by atoms with Crippen LogP contribution in [-0.2, 0) is 14.6 Å². The van der Waals surface area contributed by atoms with Crippen molar-refractivity contribution in [2.24, 2.45) is 0 Å². The average molecular weight is 401 g/mol. The Kier molecular flexibility index (Phi) is 7.49. The first-order valence-electron chi connectivity index (χ1n) is 8.90. The van der Waals surface area contributed by atoms with E-state index < -0.39 is 34.0 Å². The highest BCUT2D eigenvalue weighted by molar-refractivity contribution is 7.90. The van der Waals surface area contributed by atoms with Gasteiger partial charge in [-0.3, -0.25) is 4.79 Å². The molecular weight excluding hydrogens is 376 g/mol. The molecule has 2 unspecified atom stereocenters. The molecule has 1 saturated heterocycles. The lowest BCUT2D eigenvalue weighted by Crippen LogP contribution is -2.33. The van der Waals surface area contributed by atoms with Gasteiger partial charge in [0.25, 0.3) is 0 Å². The number of alkyl halides is 1. The number of aliphatic hydroxyl groups is 1. The van der Waals surface area contributed by atoms with Gasteiger partial charge in [0.2, 0.25) is 5.91 Å². The van der Waals surface area contributed by atoms with Crippen LogP contribution >= 0.6 is 0 Å². The molecule has 1 aromatic rings. The molecular formula is C19H25F2NO4S. The fourth-order valence-electron chi connectivity index (χ4n) is 3.11. The molecule has 27 heavy (non-hydrogen) atoms. The summed E-state index contributed by atoms with van der Waals surface area (Å²) in [5.74, 6) is -1.13. The van der Waals surface area contributed by atoms with E-state index in [2.05, 4.69) is 0 Å². The van der Waals surface area contributed by atoms with Crippen LogP contribution in [0.3, 0.4) is 0 Å². The second-order valence-electron chi connectivity index (χ2n) is 6.84. The monoisotopic (exact) mass is 401 g/mol. The summed E-state index contributed by atoms with van der Waals surface area (Å²) in [7, 11) is -3.06. The Morgan fingerprint density at radius 3 is 2.63 bits per heavy atom. The van der Waals surface area contributed by atoms with Crippen molar-refractivity contribution in [3.05, 3.63) is 47.8 Å². The Morgan fingerprint density at radius 1 is 1.33 bits per heavy atom. The molecule has 1 aliphatic heterocycles. The summed E-state index contributed by atoms with van der Waals surface area (Å²) in [5, 5.41) is 9.97. The maximum atomic E-state index is 14.4. The van der Waals surface area contributed by atoms with Crippen molar-refractivity contribution in [2.45, 2.75) is 44.0 Å². The zero-order chi connectivity index (χ0) is 20.0. The predicted octanol–water partition coefficient (Wildman–Crippen LogP) is 2.73. The number of benzene rings is 1. The van der Waals surface area contributed by atoms with Crippen LogP contribution in [0.1, 0.15) is 37.4 Å². The summed E-state index contributed by atoms with van der Waals surface area (Å²) in [6.07, 6.45) is -0.0777. The summed E-state index contributed by atoms with van der Waals surface area (Å²) in [4.78, 5) is 13.5. The Balaban J connectivity index is 1.98. The average Bonchev–Trinajstić information content (AvgIpc) is 2.97. The number of carbonyl (C=O) groups is 1. The molecule has 8 heteroatoms. The van der Waals surface area contributed by atoms with Crippen LogP contribution in [0.2, 0.25) is 0 Å². The summed E-state index contributed by atoms with van der Waals surface area (Å²) in [6, 6.07) is 7.27. The van der Waals surface area contributed by atoms with Gasteiger partial charge in [0.15, 0.2) is 6.17 Å². The predicted molar refractivity (Wildman–Crippen MR) is 99.2 cm³/mol. The molecule has 0 aromatic heterocycles. The number of rotatable bonds is 9. The highest BCUT2D eigenvalue weighted by Gasteiger charge is 2.32. The quantitative estimate of drug-likeness (QED) is 0.646. The van der Waals surface area contributed by atoms with E-state index in [-0.39, 0.29) is 23.6 Å². The molecule has 1 aliphatic rings. The molecule has 1 fully saturated rings. The Hall–Kier alpha value is -1.80. The third-order valence-electron chi connectivity index (χ3n) is 4.57. The number of hydrogen-bond donors (Lipinski definition) is 1. The van der Waals surface area contributed by atoms with Crippen molar-refractivity contribution in [1.82, 2.24) is 4.90 Å². The Bertz CT molecular complexity index is 767. The molecule has 0 spiro atoms. The second kappa shape index (κ2) is 9.41. The van der Waals surface area contributed by atoms with Crippen molar-refractivity contribution in [3.63, 3.8) is 0 Å². The topological polar surface area (TPSA) is 74.7 Å². The van der Waals surface area contributed by atoms with Gasteiger partial charge in [0, 0.05) is 25.0 Å². The maximum absolute atomic E-state index is 14.4. The van der Waals surface area contributed by atoms with Gasteiger partial charge in [-0.05, 0) is 30.9 Å². The minimum Gasteiger partial charge on any atom is -0.383 e. The molecule has 0 saturated carbocycles. The lowest BCUT2D eigenvalue weighted by molar-refractivity contribution is -0.128. The Morgan fingerprint density at radius 2 is 2.00 bits per heavy atom. The zero-order valence-corrected chi connectivity index (χ0v) is 16.0. The zero-order valence-electron chi connectivity index (χ0n) is 15.2. The highest BCUT2D eigenvalue weighted by Crippen LogP contribution is 2.29. The number of amides is 1. The summed E-state index contributed by atoms with van der Waals surface area (Å²) >= 11 is 0. The van der Waals surface area contributed by atoms with E-state index in [1.165, 1.54) is 17.0 Å².